The Morgan fingerprint density at radius 3 is 2.94 bits per heavy atom. The number of pyridine rings is 1. The third-order valence-electron chi connectivity index (χ3n) is 3.67. The SMILES string of the molecule is N#Cc1cnc(NC2CCN(C3CC3)C2)c(N)c1. The molecule has 5 heteroatoms. The van der Waals surface area contributed by atoms with E-state index in [0.29, 0.717) is 23.1 Å². The molecule has 0 bridgehead atoms. The summed E-state index contributed by atoms with van der Waals surface area (Å²) in [5, 5.41) is 12.2. The number of likely N-dealkylation sites (tertiary alicyclic amines) is 1. The van der Waals surface area contributed by atoms with Gasteiger partial charge in [0.2, 0.25) is 0 Å². The molecular weight excluding hydrogens is 226 g/mol. The maximum absolute atomic E-state index is 8.77. The molecule has 18 heavy (non-hydrogen) atoms. The van der Waals surface area contributed by atoms with Gasteiger partial charge in [0.25, 0.3) is 0 Å². The molecule has 1 aromatic rings. The van der Waals surface area contributed by atoms with Crippen LogP contribution in [0, 0.1) is 11.3 Å². The van der Waals surface area contributed by atoms with Gasteiger partial charge in [-0.1, -0.05) is 0 Å². The van der Waals surface area contributed by atoms with Crippen LogP contribution in [0.15, 0.2) is 12.3 Å². The van der Waals surface area contributed by atoms with Crippen LogP contribution < -0.4 is 11.1 Å². The zero-order chi connectivity index (χ0) is 12.5. The molecule has 3 rings (SSSR count). The van der Waals surface area contributed by atoms with Gasteiger partial charge in [0.1, 0.15) is 11.9 Å². The normalized spacial score (nSPS) is 23.8. The van der Waals surface area contributed by atoms with Gasteiger partial charge in [0.15, 0.2) is 0 Å². The minimum Gasteiger partial charge on any atom is -0.396 e. The lowest BCUT2D eigenvalue weighted by molar-refractivity contribution is 0.326. The van der Waals surface area contributed by atoms with Crippen molar-refractivity contribution in [3.05, 3.63) is 17.8 Å². The molecule has 2 aliphatic rings. The van der Waals surface area contributed by atoms with Gasteiger partial charge in [-0.05, 0) is 25.3 Å². The summed E-state index contributed by atoms with van der Waals surface area (Å²) < 4.78 is 0. The Hall–Kier alpha value is -1.80. The van der Waals surface area contributed by atoms with Crippen molar-refractivity contribution in [2.75, 3.05) is 24.1 Å². The second-order valence-electron chi connectivity index (χ2n) is 5.13. The highest BCUT2D eigenvalue weighted by atomic mass is 15.2. The van der Waals surface area contributed by atoms with Crippen LogP contribution in [-0.4, -0.2) is 35.1 Å². The molecule has 2 fully saturated rings. The van der Waals surface area contributed by atoms with Crippen LogP contribution >= 0.6 is 0 Å². The molecule has 1 aliphatic heterocycles. The summed E-state index contributed by atoms with van der Waals surface area (Å²) >= 11 is 0. The highest BCUT2D eigenvalue weighted by Crippen LogP contribution is 2.30. The molecule has 0 spiro atoms. The number of nitriles is 1. The first-order chi connectivity index (χ1) is 8.76. The van der Waals surface area contributed by atoms with E-state index in [-0.39, 0.29) is 0 Å². The molecule has 1 saturated heterocycles. The molecule has 1 aliphatic carbocycles. The van der Waals surface area contributed by atoms with Crippen LogP contribution in [0.25, 0.3) is 0 Å². The van der Waals surface area contributed by atoms with Crippen LogP contribution in [0.3, 0.4) is 0 Å². The van der Waals surface area contributed by atoms with Crippen LogP contribution in [0.5, 0.6) is 0 Å². The van der Waals surface area contributed by atoms with E-state index in [1.807, 2.05) is 6.07 Å². The summed E-state index contributed by atoms with van der Waals surface area (Å²) in [6.07, 6.45) is 5.40. The summed E-state index contributed by atoms with van der Waals surface area (Å²) in [4.78, 5) is 6.76. The minimum atomic E-state index is 0.424. The number of hydrogen-bond donors (Lipinski definition) is 2. The first-order valence-corrected chi connectivity index (χ1v) is 6.42. The number of anilines is 2. The number of nitrogens with two attached hydrogens (primary N) is 1. The van der Waals surface area contributed by atoms with Gasteiger partial charge in [-0.25, -0.2) is 4.98 Å². The predicted molar refractivity (Wildman–Crippen MR) is 70.0 cm³/mol. The van der Waals surface area contributed by atoms with Crippen molar-refractivity contribution in [3.8, 4) is 6.07 Å². The van der Waals surface area contributed by atoms with E-state index in [2.05, 4.69) is 15.2 Å². The van der Waals surface area contributed by atoms with E-state index >= 15 is 0 Å². The summed E-state index contributed by atoms with van der Waals surface area (Å²) in [7, 11) is 0. The molecule has 3 N–H and O–H groups in total. The summed E-state index contributed by atoms with van der Waals surface area (Å²) in [6.45, 7) is 2.24. The smallest absolute Gasteiger partial charge is 0.149 e. The zero-order valence-electron chi connectivity index (χ0n) is 10.3. The molecule has 1 unspecified atom stereocenters. The summed E-state index contributed by atoms with van der Waals surface area (Å²) in [6, 6.07) is 4.96. The van der Waals surface area contributed by atoms with E-state index in [0.717, 1.165) is 19.0 Å². The van der Waals surface area contributed by atoms with Gasteiger partial charge >= 0.3 is 0 Å². The fraction of sp³-hybridized carbons (Fsp3) is 0.538. The highest BCUT2D eigenvalue weighted by Gasteiger charge is 2.34. The highest BCUT2D eigenvalue weighted by molar-refractivity contribution is 5.63. The van der Waals surface area contributed by atoms with Crippen molar-refractivity contribution in [2.45, 2.75) is 31.3 Å². The van der Waals surface area contributed by atoms with Crippen LogP contribution in [0.1, 0.15) is 24.8 Å². The topological polar surface area (TPSA) is 78.0 Å². The summed E-state index contributed by atoms with van der Waals surface area (Å²) in [5.41, 5.74) is 6.95. The number of nitrogens with zero attached hydrogens (tertiary/aromatic N) is 3. The van der Waals surface area contributed by atoms with E-state index in [1.165, 1.54) is 19.4 Å². The largest absolute Gasteiger partial charge is 0.396 e. The number of nitrogens with one attached hydrogen (secondary N) is 1. The average molecular weight is 243 g/mol. The van der Waals surface area contributed by atoms with Gasteiger partial charge < -0.3 is 11.1 Å². The molecular formula is C13H17N5. The minimum absolute atomic E-state index is 0.424. The zero-order valence-corrected chi connectivity index (χ0v) is 10.3. The van der Waals surface area contributed by atoms with Gasteiger partial charge in [-0.15, -0.1) is 0 Å². The Morgan fingerprint density at radius 1 is 1.44 bits per heavy atom. The average Bonchev–Trinajstić information content (AvgIpc) is 3.13. The maximum atomic E-state index is 8.77. The Labute approximate surface area is 107 Å². The third kappa shape index (κ3) is 2.24. The quantitative estimate of drug-likeness (QED) is 0.833. The molecule has 0 radical (unpaired) electrons. The molecule has 2 heterocycles. The van der Waals surface area contributed by atoms with Crippen LogP contribution in [0.4, 0.5) is 11.5 Å². The Balaban J connectivity index is 1.64. The van der Waals surface area contributed by atoms with Gasteiger partial charge in [0, 0.05) is 31.4 Å². The lowest BCUT2D eigenvalue weighted by Gasteiger charge is -2.17. The molecule has 0 amide bonds. The van der Waals surface area contributed by atoms with Crippen molar-refractivity contribution in [2.24, 2.45) is 0 Å². The fourth-order valence-electron chi connectivity index (χ4n) is 2.53. The third-order valence-corrected chi connectivity index (χ3v) is 3.67. The number of hydrogen-bond acceptors (Lipinski definition) is 5. The van der Waals surface area contributed by atoms with Crippen molar-refractivity contribution in [1.82, 2.24) is 9.88 Å². The Morgan fingerprint density at radius 2 is 2.28 bits per heavy atom. The molecule has 1 aromatic heterocycles. The monoisotopic (exact) mass is 243 g/mol. The molecule has 1 saturated carbocycles. The lowest BCUT2D eigenvalue weighted by atomic mass is 10.2. The first kappa shape index (κ1) is 11.3. The Kier molecular flexibility index (Phi) is 2.80. The first-order valence-electron chi connectivity index (χ1n) is 6.42. The van der Waals surface area contributed by atoms with Gasteiger partial charge in [0.05, 0.1) is 11.3 Å². The lowest BCUT2D eigenvalue weighted by Crippen LogP contribution is -2.28. The van der Waals surface area contributed by atoms with Gasteiger partial charge in [-0.2, -0.15) is 5.26 Å². The van der Waals surface area contributed by atoms with E-state index < -0.39 is 0 Å². The number of rotatable bonds is 3. The molecule has 1 atom stereocenters. The fourth-order valence-corrected chi connectivity index (χ4v) is 2.53. The number of nitrogen functional groups attached to an aromatic ring is 1. The van der Waals surface area contributed by atoms with Crippen molar-refractivity contribution in [1.29, 1.82) is 5.26 Å². The van der Waals surface area contributed by atoms with Crippen molar-refractivity contribution < 1.29 is 0 Å². The van der Waals surface area contributed by atoms with Gasteiger partial charge in [-0.3, -0.25) is 4.90 Å². The van der Waals surface area contributed by atoms with E-state index in [1.54, 1.807) is 12.3 Å². The summed E-state index contributed by atoms with van der Waals surface area (Å²) in [5.74, 6) is 0.705. The molecule has 0 aromatic carbocycles. The second kappa shape index (κ2) is 4.46. The number of aromatic nitrogens is 1. The standard InChI is InChI=1S/C13H17N5/c14-6-9-5-12(15)13(16-7-9)17-10-3-4-18(8-10)11-1-2-11/h5,7,10-11H,1-4,8,15H2,(H,16,17). The van der Waals surface area contributed by atoms with E-state index in [9.17, 15) is 0 Å². The van der Waals surface area contributed by atoms with Crippen LogP contribution in [0.2, 0.25) is 0 Å². The van der Waals surface area contributed by atoms with Crippen molar-refractivity contribution >= 4 is 11.5 Å². The second-order valence-corrected chi connectivity index (χ2v) is 5.13. The van der Waals surface area contributed by atoms with Crippen molar-refractivity contribution in [3.63, 3.8) is 0 Å². The maximum Gasteiger partial charge on any atom is 0.149 e. The van der Waals surface area contributed by atoms with Crippen LogP contribution in [-0.2, 0) is 0 Å². The molecule has 5 nitrogen and oxygen atoms in total. The molecule has 94 valence electrons. The Bertz CT molecular complexity index is 489. The van der Waals surface area contributed by atoms with E-state index in [4.69, 9.17) is 11.0 Å². The predicted octanol–water partition coefficient (Wildman–Crippen LogP) is 1.18.